The number of likely N-dealkylation sites (N-methyl/N-ethyl adjacent to an activating group) is 1. The summed E-state index contributed by atoms with van der Waals surface area (Å²) in [6, 6.07) is 12.6. The van der Waals surface area contributed by atoms with Gasteiger partial charge in [-0.05, 0) is 67.3 Å². The molecule has 0 aliphatic carbocycles. The number of anilines is 2. The highest BCUT2D eigenvalue weighted by molar-refractivity contribution is 7.92. The predicted octanol–water partition coefficient (Wildman–Crippen LogP) is 2.97. The third-order valence-electron chi connectivity index (χ3n) is 4.40. The Balaban J connectivity index is 1.67. The number of aromatic nitrogens is 3. The highest BCUT2D eigenvalue weighted by Crippen LogP contribution is 2.20. The van der Waals surface area contributed by atoms with Crippen LogP contribution in [-0.2, 0) is 16.4 Å². The average molecular weight is 398 g/mol. The summed E-state index contributed by atoms with van der Waals surface area (Å²) in [5, 5.41) is 8.17. The van der Waals surface area contributed by atoms with Crippen LogP contribution in [0.15, 0.2) is 59.8 Å². The van der Waals surface area contributed by atoms with Gasteiger partial charge in [0.2, 0.25) is 0 Å². The van der Waals surface area contributed by atoms with Crippen LogP contribution in [0.4, 0.5) is 11.6 Å². The van der Waals surface area contributed by atoms with E-state index in [0.29, 0.717) is 11.4 Å². The van der Waals surface area contributed by atoms with E-state index < -0.39 is 10.0 Å². The summed E-state index contributed by atoms with van der Waals surface area (Å²) < 4.78 is 27.8. The second kappa shape index (κ2) is 8.35. The van der Waals surface area contributed by atoms with Gasteiger partial charge in [0.15, 0.2) is 11.6 Å². The second-order valence-corrected chi connectivity index (χ2v) is 8.33. The number of nitrogens with zero attached hydrogens (tertiary/aromatic N) is 4. The van der Waals surface area contributed by atoms with E-state index in [1.165, 1.54) is 5.56 Å². The van der Waals surface area contributed by atoms with Crippen LogP contribution in [0.1, 0.15) is 16.7 Å². The molecule has 0 aliphatic heterocycles. The van der Waals surface area contributed by atoms with Crippen LogP contribution in [0.5, 0.6) is 0 Å². The minimum atomic E-state index is -3.72. The molecule has 0 saturated heterocycles. The number of nitrogens with one attached hydrogen (secondary N) is 1. The number of benzene rings is 1. The van der Waals surface area contributed by atoms with Crippen LogP contribution in [0.3, 0.4) is 0 Å². The smallest absolute Gasteiger partial charge is 0.263 e. The molecule has 2 aromatic heterocycles. The van der Waals surface area contributed by atoms with Gasteiger partial charge in [-0.1, -0.05) is 12.1 Å². The lowest BCUT2D eigenvalue weighted by Crippen LogP contribution is -2.22. The fraction of sp³-hybridized carbons (Fsp3) is 0.250. The standard InChI is InChI=1S/C20H23N5O2S/c1-15-4-5-16(2)18(14-15)28(26,27)24-19-6-7-20(23-22-19)25(3)13-10-17-8-11-21-12-9-17/h4-9,11-12,14H,10,13H2,1-3H3,(H,22,24). The summed E-state index contributed by atoms with van der Waals surface area (Å²) >= 11 is 0. The molecular formula is C20H23N5O2S. The molecule has 0 aliphatic rings. The van der Waals surface area contributed by atoms with Crippen molar-refractivity contribution >= 4 is 21.7 Å². The van der Waals surface area contributed by atoms with E-state index in [4.69, 9.17) is 0 Å². The van der Waals surface area contributed by atoms with Crippen molar-refractivity contribution in [3.63, 3.8) is 0 Å². The van der Waals surface area contributed by atoms with Gasteiger partial charge in [0.1, 0.15) is 0 Å². The highest BCUT2D eigenvalue weighted by atomic mass is 32.2. The summed E-state index contributed by atoms with van der Waals surface area (Å²) in [5.41, 5.74) is 2.74. The fourth-order valence-corrected chi connectivity index (χ4v) is 4.06. The molecule has 2 heterocycles. The van der Waals surface area contributed by atoms with Gasteiger partial charge in [-0.25, -0.2) is 8.42 Å². The average Bonchev–Trinajstić information content (AvgIpc) is 2.69. The Labute approximate surface area is 165 Å². The van der Waals surface area contributed by atoms with Gasteiger partial charge in [-0.3, -0.25) is 9.71 Å². The molecular weight excluding hydrogens is 374 g/mol. The van der Waals surface area contributed by atoms with Crippen LogP contribution < -0.4 is 9.62 Å². The molecule has 0 spiro atoms. The minimum absolute atomic E-state index is 0.187. The van der Waals surface area contributed by atoms with Gasteiger partial charge in [-0.2, -0.15) is 0 Å². The Morgan fingerprint density at radius 3 is 2.43 bits per heavy atom. The quantitative estimate of drug-likeness (QED) is 0.659. The molecule has 0 saturated carbocycles. The van der Waals surface area contributed by atoms with Gasteiger partial charge in [0.25, 0.3) is 10.0 Å². The van der Waals surface area contributed by atoms with E-state index in [1.807, 2.05) is 37.1 Å². The van der Waals surface area contributed by atoms with Gasteiger partial charge in [-0.15, -0.1) is 10.2 Å². The number of sulfonamides is 1. The topological polar surface area (TPSA) is 88.1 Å². The lowest BCUT2D eigenvalue weighted by atomic mass is 10.2. The monoisotopic (exact) mass is 397 g/mol. The molecule has 8 heteroatoms. The molecule has 0 atom stereocenters. The Kier molecular flexibility index (Phi) is 5.89. The molecule has 0 unspecified atom stereocenters. The summed E-state index contributed by atoms with van der Waals surface area (Å²) in [6.45, 7) is 4.38. The molecule has 7 nitrogen and oxygen atoms in total. The van der Waals surface area contributed by atoms with Crippen molar-refractivity contribution in [3.8, 4) is 0 Å². The summed E-state index contributed by atoms with van der Waals surface area (Å²) in [6.07, 6.45) is 4.39. The zero-order valence-corrected chi connectivity index (χ0v) is 16.9. The van der Waals surface area contributed by atoms with Crippen LogP contribution in [-0.4, -0.2) is 37.2 Å². The van der Waals surface area contributed by atoms with E-state index >= 15 is 0 Å². The second-order valence-electron chi connectivity index (χ2n) is 6.68. The van der Waals surface area contributed by atoms with Crippen molar-refractivity contribution in [2.45, 2.75) is 25.2 Å². The van der Waals surface area contributed by atoms with Crippen LogP contribution in [0, 0.1) is 13.8 Å². The van der Waals surface area contributed by atoms with Gasteiger partial charge < -0.3 is 4.90 Å². The largest absolute Gasteiger partial charge is 0.358 e. The van der Waals surface area contributed by atoms with Gasteiger partial charge >= 0.3 is 0 Å². The van der Waals surface area contributed by atoms with Crippen molar-refractivity contribution in [1.29, 1.82) is 0 Å². The number of aryl methyl sites for hydroxylation is 2. The van der Waals surface area contributed by atoms with Crippen molar-refractivity contribution in [3.05, 3.63) is 71.5 Å². The normalized spacial score (nSPS) is 11.2. The Morgan fingerprint density at radius 2 is 1.75 bits per heavy atom. The summed E-state index contributed by atoms with van der Waals surface area (Å²) in [5.74, 6) is 0.857. The molecule has 3 rings (SSSR count). The van der Waals surface area contributed by atoms with Crippen LogP contribution >= 0.6 is 0 Å². The maximum absolute atomic E-state index is 12.7. The first-order valence-electron chi connectivity index (χ1n) is 8.89. The van der Waals surface area contributed by atoms with Crippen molar-refractivity contribution in [2.24, 2.45) is 0 Å². The predicted molar refractivity (Wildman–Crippen MR) is 110 cm³/mol. The molecule has 28 heavy (non-hydrogen) atoms. The molecule has 0 radical (unpaired) electrons. The molecule has 1 N–H and O–H groups in total. The molecule has 146 valence electrons. The maximum Gasteiger partial charge on any atom is 0.263 e. The van der Waals surface area contributed by atoms with E-state index in [2.05, 4.69) is 19.9 Å². The van der Waals surface area contributed by atoms with E-state index in [9.17, 15) is 8.42 Å². The van der Waals surface area contributed by atoms with E-state index in [-0.39, 0.29) is 10.7 Å². The summed E-state index contributed by atoms with van der Waals surface area (Å²) in [4.78, 5) is 6.22. The van der Waals surface area contributed by atoms with Crippen molar-refractivity contribution < 1.29 is 8.42 Å². The van der Waals surface area contributed by atoms with E-state index in [0.717, 1.165) is 18.5 Å². The first-order valence-corrected chi connectivity index (χ1v) is 10.4. The SMILES string of the molecule is Cc1ccc(C)c(S(=O)(=O)Nc2ccc(N(C)CCc3ccncc3)nn2)c1. The van der Waals surface area contributed by atoms with Crippen molar-refractivity contribution in [2.75, 3.05) is 23.2 Å². The maximum atomic E-state index is 12.7. The Bertz CT molecular complexity index is 1040. The third kappa shape index (κ3) is 4.83. The fourth-order valence-electron chi connectivity index (χ4n) is 2.73. The minimum Gasteiger partial charge on any atom is -0.358 e. The van der Waals surface area contributed by atoms with Crippen LogP contribution in [0.2, 0.25) is 0 Å². The zero-order chi connectivity index (χ0) is 20.1. The van der Waals surface area contributed by atoms with E-state index in [1.54, 1.807) is 43.6 Å². The molecule has 0 fully saturated rings. The highest BCUT2D eigenvalue weighted by Gasteiger charge is 2.18. The number of hydrogen-bond donors (Lipinski definition) is 1. The van der Waals surface area contributed by atoms with Crippen LogP contribution in [0.25, 0.3) is 0 Å². The Morgan fingerprint density at radius 1 is 1.00 bits per heavy atom. The molecule has 0 bridgehead atoms. The summed E-state index contributed by atoms with van der Waals surface area (Å²) in [7, 11) is -1.80. The molecule has 1 aromatic carbocycles. The third-order valence-corrected chi connectivity index (χ3v) is 5.90. The molecule has 0 amide bonds. The number of pyridine rings is 1. The van der Waals surface area contributed by atoms with Gasteiger partial charge in [0, 0.05) is 26.0 Å². The van der Waals surface area contributed by atoms with Gasteiger partial charge in [0.05, 0.1) is 4.90 Å². The first kappa shape index (κ1) is 19.8. The number of hydrogen-bond acceptors (Lipinski definition) is 6. The molecule has 3 aromatic rings. The van der Waals surface area contributed by atoms with Crippen molar-refractivity contribution in [1.82, 2.24) is 15.2 Å². The zero-order valence-electron chi connectivity index (χ0n) is 16.1. The number of rotatable bonds is 7. The Hall–Kier alpha value is -3.00. The lowest BCUT2D eigenvalue weighted by molar-refractivity contribution is 0.600. The lowest BCUT2D eigenvalue weighted by Gasteiger charge is -2.17. The first-order chi connectivity index (χ1) is 13.3.